The average molecular weight is 270 g/mol. The molecule has 0 amide bonds. The number of nitriles is 1. The molecule has 0 spiro atoms. The number of hydrogen-bond donors (Lipinski definition) is 1. The van der Waals surface area contributed by atoms with Gasteiger partial charge in [-0.2, -0.15) is 9.98 Å². The Kier molecular flexibility index (Phi) is 5.32. The first-order valence-electron chi connectivity index (χ1n) is 4.99. The molecule has 2 rings (SSSR count). The zero-order chi connectivity index (χ0) is 12.3. The van der Waals surface area contributed by atoms with Crippen LogP contribution in [-0.4, -0.2) is 15.0 Å². The third kappa shape index (κ3) is 3.31. The summed E-state index contributed by atoms with van der Waals surface area (Å²) >= 11 is 0. The van der Waals surface area contributed by atoms with E-state index in [-0.39, 0.29) is 42.4 Å². The molecule has 0 atom stereocenters. The summed E-state index contributed by atoms with van der Waals surface area (Å²) in [6, 6.07) is 14.1. The molecule has 0 saturated heterocycles. The van der Waals surface area contributed by atoms with Crippen molar-refractivity contribution in [3.05, 3.63) is 42.5 Å². The molecule has 0 aromatic heterocycles. The van der Waals surface area contributed by atoms with E-state index in [9.17, 15) is 8.42 Å². The fourth-order valence-electron chi connectivity index (χ4n) is 1.55. The van der Waals surface area contributed by atoms with Gasteiger partial charge >= 0.3 is 29.6 Å². The quantitative estimate of drug-likeness (QED) is 0.560. The van der Waals surface area contributed by atoms with Crippen molar-refractivity contribution in [2.45, 2.75) is 4.90 Å². The fourth-order valence-corrected chi connectivity index (χ4v) is 2.50. The van der Waals surface area contributed by atoms with Crippen LogP contribution in [-0.2, 0) is 10.0 Å². The van der Waals surface area contributed by atoms with Crippen molar-refractivity contribution in [2.24, 2.45) is 0 Å². The summed E-state index contributed by atoms with van der Waals surface area (Å²) in [4.78, 5) is 0.173. The second kappa shape index (κ2) is 6.32. The first kappa shape index (κ1) is 15.2. The van der Waals surface area contributed by atoms with Gasteiger partial charge in [-0.05, 0) is 22.9 Å². The number of benzene rings is 2. The van der Waals surface area contributed by atoms with Gasteiger partial charge < -0.3 is 1.43 Å². The van der Waals surface area contributed by atoms with Crippen molar-refractivity contribution in [3.8, 4) is 6.07 Å². The van der Waals surface area contributed by atoms with Gasteiger partial charge in [0, 0.05) is 0 Å². The molecule has 2 aromatic rings. The minimum absolute atomic E-state index is 0. The van der Waals surface area contributed by atoms with E-state index in [0.29, 0.717) is 0 Å². The molecule has 0 aliphatic rings. The summed E-state index contributed by atoms with van der Waals surface area (Å²) in [5, 5.41) is 10.2. The maximum atomic E-state index is 11.8. The summed E-state index contributed by atoms with van der Waals surface area (Å²) in [7, 11) is -3.59. The Morgan fingerprint density at radius 2 is 1.83 bits per heavy atom. The monoisotopic (exact) mass is 270 g/mol. The van der Waals surface area contributed by atoms with Gasteiger partial charge in [0.15, 0.2) is 0 Å². The van der Waals surface area contributed by atoms with Crippen LogP contribution < -0.4 is 34.3 Å². The van der Waals surface area contributed by atoms with E-state index in [4.69, 9.17) is 5.26 Å². The Balaban J connectivity index is 0.00000162. The van der Waals surface area contributed by atoms with Gasteiger partial charge in [-0.1, -0.05) is 30.3 Å². The molecule has 0 radical (unpaired) electrons. The molecule has 18 heavy (non-hydrogen) atoms. The summed E-state index contributed by atoms with van der Waals surface area (Å²) in [6.07, 6.45) is 0. The van der Waals surface area contributed by atoms with Crippen molar-refractivity contribution < 1.29 is 39.4 Å². The maximum absolute atomic E-state index is 11.8. The predicted molar refractivity (Wildman–Crippen MR) is 65.9 cm³/mol. The van der Waals surface area contributed by atoms with Gasteiger partial charge in [0.05, 0.1) is 17.5 Å². The van der Waals surface area contributed by atoms with Crippen LogP contribution >= 0.6 is 0 Å². The summed E-state index contributed by atoms with van der Waals surface area (Å²) in [6.45, 7) is -0.227. The molecule has 0 unspecified atom stereocenters. The number of sulfonamides is 1. The average Bonchev–Trinajstić information content (AvgIpc) is 2.36. The zero-order valence-electron chi connectivity index (χ0n) is 10.9. The van der Waals surface area contributed by atoms with E-state index in [1.54, 1.807) is 18.2 Å². The Bertz CT molecular complexity index is 698. The fraction of sp³-hybridized carbons (Fsp3) is 0.0833. The first-order chi connectivity index (χ1) is 8.13. The van der Waals surface area contributed by atoms with Crippen molar-refractivity contribution in [1.29, 1.82) is 5.26 Å². The molecule has 6 heteroatoms. The SMILES string of the molecule is N#CCNS(=O)(=O)c1ccc2ccccc2c1.[H-].[Na+]. The molecule has 0 saturated carbocycles. The molecule has 0 aliphatic carbocycles. The number of hydrogen-bond acceptors (Lipinski definition) is 3. The van der Waals surface area contributed by atoms with E-state index < -0.39 is 10.0 Å². The number of fused-ring (bicyclic) bond motifs is 1. The van der Waals surface area contributed by atoms with Gasteiger partial charge in [0.25, 0.3) is 0 Å². The van der Waals surface area contributed by atoms with Crippen molar-refractivity contribution >= 4 is 20.8 Å². The first-order valence-corrected chi connectivity index (χ1v) is 6.47. The summed E-state index contributed by atoms with van der Waals surface area (Å²) < 4.78 is 25.7. The Morgan fingerprint density at radius 1 is 1.17 bits per heavy atom. The Labute approximate surface area is 129 Å². The molecular formula is C12H11N2NaO2S. The van der Waals surface area contributed by atoms with Gasteiger partial charge in [0.2, 0.25) is 10.0 Å². The largest absolute Gasteiger partial charge is 1.00 e. The summed E-state index contributed by atoms with van der Waals surface area (Å²) in [5.74, 6) is 0. The molecule has 0 heterocycles. The van der Waals surface area contributed by atoms with Gasteiger partial charge in [-0.15, -0.1) is 0 Å². The van der Waals surface area contributed by atoms with E-state index in [0.717, 1.165) is 10.8 Å². The molecule has 0 fully saturated rings. The minimum atomic E-state index is -3.59. The zero-order valence-corrected chi connectivity index (χ0v) is 12.7. The molecule has 4 nitrogen and oxygen atoms in total. The summed E-state index contributed by atoms with van der Waals surface area (Å²) in [5.41, 5.74) is 0. The van der Waals surface area contributed by atoms with Gasteiger partial charge in [-0.3, -0.25) is 0 Å². The molecule has 2 aromatic carbocycles. The van der Waals surface area contributed by atoms with Crippen LogP contribution in [0.5, 0.6) is 0 Å². The van der Waals surface area contributed by atoms with Crippen molar-refractivity contribution in [3.63, 3.8) is 0 Å². The van der Waals surface area contributed by atoms with Crippen LogP contribution in [0.1, 0.15) is 1.43 Å². The number of nitrogens with zero attached hydrogens (tertiary/aromatic N) is 1. The predicted octanol–water partition coefficient (Wildman–Crippen LogP) is -1.24. The third-order valence-electron chi connectivity index (χ3n) is 2.37. The topological polar surface area (TPSA) is 70.0 Å². The number of rotatable bonds is 3. The van der Waals surface area contributed by atoms with Crippen LogP contribution in [0, 0.1) is 11.3 Å². The maximum Gasteiger partial charge on any atom is 1.00 e. The van der Waals surface area contributed by atoms with Crippen LogP contribution in [0.25, 0.3) is 10.8 Å². The van der Waals surface area contributed by atoms with E-state index in [1.165, 1.54) is 6.07 Å². The van der Waals surface area contributed by atoms with Gasteiger partial charge in [-0.25, -0.2) is 8.42 Å². The molecule has 0 bridgehead atoms. The molecule has 0 aliphatic heterocycles. The molecule has 1 N–H and O–H groups in total. The van der Waals surface area contributed by atoms with E-state index >= 15 is 0 Å². The second-order valence-electron chi connectivity index (χ2n) is 3.49. The second-order valence-corrected chi connectivity index (χ2v) is 5.26. The Hall–Kier alpha value is -0.900. The minimum Gasteiger partial charge on any atom is -1.00 e. The number of nitrogens with one attached hydrogen (secondary N) is 1. The third-order valence-corrected chi connectivity index (χ3v) is 3.77. The van der Waals surface area contributed by atoms with Gasteiger partial charge in [0.1, 0.15) is 0 Å². The van der Waals surface area contributed by atoms with Crippen LogP contribution in [0.15, 0.2) is 47.4 Å². The van der Waals surface area contributed by atoms with Crippen LogP contribution in [0.2, 0.25) is 0 Å². The normalized spacial score (nSPS) is 10.6. The smallest absolute Gasteiger partial charge is 1.00 e. The van der Waals surface area contributed by atoms with Crippen LogP contribution in [0.4, 0.5) is 0 Å². The van der Waals surface area contributed by atoms with E-state index in [1.807, 2.05) is 24.3 Å². The Morgan fingerprint density at radius 3 is 2.50 bits per heavy atom. The van der Waals surface area contributed by atoms with Crippen molar-refractivity contribution in [2.75, 3.05) is 6.54 Å². The standard InChI is InChI=1S/C12H10N2O2S.Na.H/c13-7-8-14-17(15,16)12-6-5-10-3-1-2-4-11(10)9-12;;/h1-6,9,14H,8H2;;/q;+1;-1. The van der Waals surface area contributed by atoms with Crippen LogP contribution in [0.3, 0.4) is 0 Å². The van der Waals surface area contributed by atoms with E-state index in [2.05, 4.69) is 4.72 Å². The van der Waals surface area contributed by atoms with Crippen molar-refractivity contribution in [1.82, 2.24) is 4.72 Å². The molecular weight excluding hydrogens is 259 g/mol. The molecule has 88 valence electrons.